The van der Waals surface area contributed by atoms with Gasteiger partial charge in [-0.3, -0.25) is 13.8 Å². The number of anilines is 1. The van der Waals surface area contributed by atoms with E-state index < -0.39 is 10.8 Å². The monoisotopic (exact) mass is 540 g/mol. The predicted molar refractivity (Wildman–Crippen MR) is 145 cm³/mol. The minimum atomic E-state index is -1.28. The SMILES string of the molecule is C=CC(=O)Nc1ccc(C(=O)N2CCCC(Cc3ncc(S(=O)Cc4ncc(C(C)(C)C)o4)s3)C2)cc1. The van der Waals surface area contributed by atoms with Gasteiger partial charge in [0.15, 0.2) is 0 Å². The van der Waals surface area contributed by atoms with E-state index in [0.717, 1.165) is 30.0 Å². The number of benzene rings is 1. The maximum absolute atomic E-state index is 13.1. The van der Waals surface area contributed by atoms with Crippen LogP contribution in [-0.4, -0.2) is 44.0 Å². The maximum Gasteiger partial charge on any atom is 0.253 e. The minimum absolute atomic E-state index is 0.0206. The number of nitrogens with one attached hydrogen (secondary N) is 1. The molecule has 1 N–H and O–H groups in total. The summed E-state index contributed by atoms with van der Waals surface area (Å²) in [5, 5.41) is 3.61. The second kappa shape index (κ2) is 11.5. The Hall–Kier alpha value is -3.11. The fourth-order valence-corrected chi connectivity index (χ4v) is 6.40. The molecule has 1 fully saturated rings. The van der Waals surface area contributed by atoms with E-state index in [-0.39, 0.29) is 28.9 Å². The number of aromatic nitrogens is 2. The number of likely N-dealkylation sites (tertiary alicyclic amines) is 1. The molecule has 196 valence electrons. The summed E-state index contributed by atoms with van der Waals surface area (Å²) in [5.74, 6) is 1.44. The Morgan fingerprint density at radius 2 is 2.00 bits per heavy atom. The molecule has 2 atom stereocenters. The smallest absolute Gasteiger partial charge is 0.253 e. The lowest BCUT2D eigenvalue weighted by Crippen LogP contribution is -2.40. The van der Waals surface area contributed by atoms with Crippen LogP contribution in [0.1, 0.15) is 60.6 Å². The van der Waals surface area contributed by atoms with Gasteiger partial charge in [0.25, 0.3) is 5.91 Å². The van der Waals surface area contributed by atoms with Crippen molar-refractivity contribution in [3.63, 3.8) is 0 Å². The fourth-order valence-electron chi connectivity index (χ4n) is 4.14. The van der Waals surface area contributed by atoms with Crippen LogP contribution in [0, 0.1) is 5.92 Å². The molecule has 3 aromatic rings. The van der Waals surface area contributed by atoms with Crippen molar-refractivity contribution < 1.29 is 18.2 Å². The van der Waals surface area contributed by atoms with Crippen molar-refractivity contribution in [2.45, 2.75) is 55.4 Å². The van der Waals surface area contributed by atoms with E-state index in [1.54, 1.807) is 36.7 Å². The Morgan fingerprint density at radius 1 is 1.24 bits per heavy atom. The molecular weight excluding hydrogens is 508 g/mol. The number of carbonyl (C=O) groups excluding carboxylic acids is 2. The van der Waals surface area contributed by atoms with Gasteiger partial charge < -0.3 is 14.6 Å². The van der Waals surface area contributed by atoms with Crippen LogP contribution < -0.4 is 5.32 Å². The third-order valence-corrected chi connectivity index (χ3v) is 8.84. The number of oxazole rings is 1. The minimum Gasteiger partial charge on any atom is -0.444 e. The van der Waals surface area contributed by atoms with Crippen molar-refractivity contribution in [1.82, 2.24) is 14.9 Å². The predicted octanol–water partition coefficient (Wildman–Crippen LogP) is 4.96. The number of hydrogen-bond acceptors (Lipinski definition) is 7. The van der Waals surface area contributed by atoms with Gasteiger partial charge in [0.05, 0.1) is 28.2 Å². The molecule has 1 aliphatic heterocycles. The lowest BCUT2D eigenvalue weighted by atomic mass is 9.94. The fraction of sp³-hybridized carbons (Fsp3) is 0.407. The number of hydrogen-bond donors (Lipinski definition) is 1. The van der Waals surface area contributed by atoms with Crippen molar-refractivity contribution in [2.75, 3.05) is 18.4 Å². The van der Waals surface area contributed by atoms with E-state index in [1.165, 1.54) is 17.4 Å². The van der Waals surface area contributed by atoms with E-state index in [1.807, 2.05) is 25.7 Å². The summed E-state index contributed by atoms with van der Waals surface area (Å²) >= 11 is 1.45. The molecule has 0 aliphatic carbocycles. The summed E-state index contributed by atoms with van der Waals surface area (Å²) in [4.78, 5) is 35.2. The largest absolute Gasteiger partial charge is 0.444 e. The zero-order valence-corrected chi connectivity index (χ0v) is 23.0. The Balaban J connectivity index is 1.32. The second-order valence-corrected chi connectivity index (χ2v) is 13.0. The summed E-state index contributed by atoms with van der Waals surface area (Å²) in [6.45, 7) is 10.9. The molecule has 37 heavy (non-hydrogen) atoms. The highest BCUT2D eigenvalue weighted by Gasteiger charge is 2.26. The van der Waals surface area contributed by atoms with Crippen LogP contribution in [0.2, 0.25) is 0 Å². The van der Waals surface area contributed by atoms with Gasteiger partial charge in [-0.1, -0.05) is 27.4 Å². The molecule has 2 unspecified atom stereocenters. The molecule has 0 spiro atoms. The zero-order valence-electron chi connectivity index (χ0n) is 21.4. The Labute approximate surface area is 223 Å². The standard InChI is InChI=1S/C27H32N4O4S2/c1-5-22(32)30-20-10-8-19(9-11-20)26(33)31-12-6-7-18(16-31)13-24-29-15-25(36-24)37(34)17-23-28-14-21(35-23)27(2,3)4/h5,8-11,14-15,18H,1,6-7,12-13,16-17H2,2-4H3,(H,30,32). The highest BCUT2D eigenvalue weighted by Crippen LogP contribution is 2.28. The molecule has 8 nitrogen and oxygen atoms in total. The lowest BCUT2D eigenvalue weighted by molar-refractivity contribution is -0.111. The number of piperidine rings is 1. The van der Waals surface area contributed by atoms with Crippen molar-refractivity contribution in [3.05, 3.63) is 71.5 Å². The van der Waals surface area contributed by atoms with Crippen LogP contribution in [0.15, 0.2) is 57.9 Å². The Bertz CT molecular complexity index is 1290. The molecule has 10 heteroatoms. The number of rotatable bonds is 8. The number of amides is 2. The molecule has 4 rings (SSSR count). The summed E-state index contributed by atoms with van der Waals surface area (Å²) < 4.78 is 19.4. The van der Waals surface area contributed by atoms with Gasteiger partial charge in [-0.25, -0.2) is 9.97 Å². The average molecular weight is 541 g/mol. The average Bonchev–Trinajstić information content (AvgIpc) is 3.54. The highest BCUT2D eigenvalue weighted by molar-refractivity contribution is 7.86. The molecule has 3 heterocycles. The van der Waals surface area contributed by atoms with Crippen LogP contribution in [-0.2, 0) is 33.2 Å². The van der Waals surface area contributed by atoms with E-state index in [4.69, 9.17) is 4.42 Å². The van der Waals surface area contributed by atoms with E-state index in [0.29, 0.717) is 34.4 Å². The van der Waals surface area contributed by atoms with Crippen LogP contribution >= 0.6 is 11.3 Å². The Morgan fingerprint density at radius 3 is 2.68 bits per heavy atom. The first-order valence-corrected chi connectivity index (χ1v) is 14.4. The maximum atomic E-state index is 13.1. The zero-order chi connectivity index (χ0) is 26.6. The van der Waals surface area contributed by atoms with Gasteiger partial charge in [-0.05, 0) is 49.1 Å². The van der Waals surface area contributed by atoms with Crippen LogP contribution in [0.25, 0.3) is 0 Å². The third-order valence-electron chi connectivity index (χ3n) is 6.16. The first-order chi connectivity index (χ1) is 17.6. The summed E-state index contributed by atoms with van der Waals surface area (Å²) in [6.07, 6.45) is 7.27. The van der Waals surface area contributed by atoms with Crippen LogP contribution in [0.5, 0.6) is 0 Å². The van der Waals surface area contributed by atoms with Crippen LogP contribution in [0.4, 0.5) is 5.69 Å². The molecule has 2 amide bonds. The summed E-state index contributed by atoms with van der Waals surface area (Å²) in [6, 6.07) is 6.89. The molecule has 0 radical (unpaired) electrons. The number of nitrogens with zero attached hydrogens (tertiary/aromatic N) is 3. The van der Waals surface area contributed by atoms with Crippen molar-refractivity contribution >= 4 is 39.6 Å². The quantitative estimate of drug-likeness (QED) is 0.405. The number of carbonyl (C=O) groups is 2. The van der Waals surface area contributed by atoms with Gasteiger partial charge in [0.2, 0.25) is 11.8 Å². The third kappa shape index (κ3) is 7.01. The molecule has 2 aromatic heterocycles. The van der Waals surface area contributed by atoms with Gasteiger partial charge in [0, 0.05) is 36.2 Å². The van der Waals surface area contributed by atoms with E-state index >= 15 is 0 Å². The van der Waals surface area contributed by atoms with Gasteiger partial charge in [-0.15, -0.1) is 11.3 Å². The van der Waals surface area contributed by atoms with Crippen LogP contribution in [0.3, 0.4) is 0 Å². The second-order valence-electron chi connectivity index (χ2n) is 10.2. The molecule has 1 saturated heterocycles. The Kier molecular flexibility index (Phi) is 8.39. The normalized spacial score (nSPS) is 16.8. The molecular formula is C27H32N4O4S2. The van der Waals surface area contributed by atoms with Crippen molar-refractivity contribution in [2.24, 2.45) is 5.92 Å². The van der Waals surface area contributed by atoms with Crippen molar-refractivity contribution in [3.8, 4) is 0 Å². The first-order valence-electron chi connectivity index (χ1n) is 12.2. The lowest BCUT2D eigenvalue weighted by Gasteiger charge is -2.32. The van der Waals surface area contributed by atoms with Gasteiger partial charge >= 0.3 is 0 Å². The highest BCUT2D eigenvalue weighted by atomic mass is 32.2. The topological polar surface area (TPSA) is 105 Å². The molecule has 0 saturated carbocycles. The number of thiazole rings is 1. The van der Waals surface area contributed by atoms with Gasteiger partial charge in [-0.2, -0.15) is 0 Å². The van der Waals surface area contributed by atoms with Crippen molar-refractivity contribution in [1.29, 1.82) is 0 Å². The molecule has 1 aliphatic rings. The van der Waals surface area contributed by atoms with Gasteiger partial charge in [0.1, 0.15) is 15.7 Å². The summed E-state index contributed by atoms with van der Waals surface area (Å²) in [7, 11) is -1.28. The molecule has 1 aromatic carbocycles. The molecule has 0 bridgehead atoms. The summed E-state index contributed by atoms with van der Waals surface area (Å²) in [5.41, 5.74) is 1.06. The first kappa shape index (κ1) is 26.9. The van der Waals surface area contributed by atoms with E-state index in [2.05, 4.69) is 21.9 Å². The van der Waals surface area contributed by atoms with E-state index in [9.17, 15) is 13.8 Å².